The standard InChI is InChI=1S/C15H28N4O/c1-2-16-15(18-13-7-3-4-8-13)17-10-6-12-19-11-5-9-14(19)20/h13H,2-12H2,1H3,(H2,16,17,18). The highest BCUT2D eigenvalue weighted by Crippen LogP contribution is 2.17. The van der Waals surface area contributed by atoms with Crippen LogP contribution in [-0.2, 0) is 4.79 Å². The average molecular weight is 280 g/mol. The first-order valence-corrected chi connectivity index (χ1v) is 8.12. The van der Waals surface area contributed by atoms with E-state index in [2.05, 4.69) is 22.5 Å². The molecule has 2 N–H and O–H groups in total. The van der Waals surface area contributed by atoms with Gasteiger partial charge in [-0.1, -0.05) is 12.8 Å². The fourth-order valence-corrected chi connectivity index (χ4v) is 2.98. The Labute approximate surface area is 122 Å². The first-order chi connectivity index (χ1) is 9.79. The summed E-state index contributed by atoms with van der Waals surface area (Å²) in [7, 11) is 0. The number of rotatable bonds is 6. The summed E-state index contributed by atoms with van der Waals surface area (Å²) in [4.78, 5) is 18.1. The molecule has 1 aliphatic heterocycles. The number of likely N-dealkylation sites (tertiary alicyclic amines) is 1. The Kier molecular flexibility index (Phi) is 6.15. The number of hydrogen-bond donors (Lipinski definition) is 2. The molecule has 0 spiro atoms. The van der Waals surface area contributed by atoms with Crippen molar-refractivity contribution in [3.05, 3.63) is 0 Å². The molecule has 0 bridgehead atoms. The molecule has 0 aromatic carbocycles. The maximum atomic E-state index is 11.5. The van der Waals surface area contributed by atoms with Gasteiger partial charge in [0.1, 0.15) is 0 Å². The number of hydrogen-bond acceptors (Lipinski definition) is 2. The molecule has 1 heterocycles. The summed E-state index contributed by atoms with van der Waals surface area (Å²) in [5.74, 6) is 1.25. The highest BCUT2D eigenvalue weighted by atomic mass is 16.2. The molecule has 0 aromatic rings. The van der Waals surface area contributed by atoms with E-state index >= 15 is 0 Å². The van der Waals surface area contributed by atoms with Gasteiger partial charge in [-0.15, -0.1) is 0 Å². The molecule has 1 saturated heterocycles. The van der Waals surface area contributed by atoms with E-state index in [4.69, 9.17) is 0 Å². The largest absolute Gasteiger partial charge is 0.357 e. The number of amides is 1. The Balaban J connectivity index is 1.69. The third-order valence-corrected chi connectivity index (χ3v) is 4.07. The Hall–Kier alpha value is -1.26. The van der Waals surface area contributed by atoms with Crippen LogP contribution in [0.3, 0.4) is 0 Å². The minimum absolute atomic E-state index is 0.310. The summed E-state index contributed by atoms with van der Waals surface area (Å²) in [5.41, 5.74) is 0. The number of nitrogens with one attached hydrogen (secondary N) is 2. The predicted octanol–water partition coefficient (Wildman–Crippen LogP) is 1.50. The van der Waals surface area contributed by atoms with Crippen LogP contribution in [0, 0.1) is 0 Å². The second-order valence-corrected chi connectivity index (χ2v) is 5.72. The van der Waals surface area contributed by atoms with Crippen LogP contribution in [0.5, 0.6) is 0 Å². The lowest BCUT2D eigenvalue weighted by Gasteiger charge is -2.17. The fraction of sp³-hybridized carbons (Fsp3) is 0.867. The molecule has 1 aliphatic carbocycles. The Morgan fingerprint density at radius 2 is 2.15 bits per heavy atom. The van der Waals surface area contributed by atoms with Crippen molar-refractivity contribution in [2.24, 2.45) is 4.99 Å². The van der Waals surface area contributed by atoms with E-state index < -0.39 is 0 Å². The van der Waals surface area contributed by atoms with Crippen molar-refractivity contribution in [3.8, 4) is 0 Å². The summed E-state index contributed by atoms with van der Waals surface area (Å²) >= 11 is 0. The van der Waals surface area contributed by atoms with Gasteiger partial charge in [0.2, 0.25) is 5.91 Å². The van der Waals surface area contributed by atoms with E-state index in [1.165, 1.54) is 25.7 Å². The summed E-state index contributed by atoms with van der Waals surface area (Å²) in [6.45, 7) is 5.55. The van der Waals surface area contributed by atoms with E-state index in [1.807, 2.05) is 4.90 Å². The molecule has 0 atom stereocenters. The first kappa shape index (κ1) is 15.1. The highest BCUT2D eigenvalue weighted by molar-refractivity contribution is 5.80. The van der Waals surface area contributed by atoms with Crippen molar-refractivity contribution < 1.29 is 4.79 Å². The Bertz CT molecular complexity index is 337. The van der Waals surface area contributed by atoms with Crippen molar-refractivity contribution in [1.29, 1.82) is 0 Å². The van der Waals surface area contributed by atoms with Crippen LogP contribution in [0.4, 0.5) is 0 Å². The quantitative estimate of drug-likeness (QED) is 0.440. The Morgan fingerprint density at radius 1 is 1.35 bits per heavy atom. The third-order valence-electron chi connectivity index (χ3n) is 4.07. The maximum absolute atomic E-state index is 11.5. The molecule has 5 nitrogen and oxygen atoms in total. The van der Waals surface area contributed by atoms with Gasteiger partial charge in [0.25, 0.3) is 0 Å². The lowest BCUT2D eigenvalue weighted by atomic mass is 10.2. The lowest BCUT2D eigenvalue weighted by molar-refractivity contribution is -0.127. The molecule has 114 valence electrons. The molecule has 0 aromatic heterocycles. The van der Waals surface area contributed by atoms with Crippen molar-refractivity contribution in [3.63, 3.8) is 0 Å². The highest BCUT2D eigenvalue weighted by Gasteiger charge is 2.19. The zero-order valence-corrected chi connectivity index (χ0v) is 12.7. The molecule has 0 unspecified atom stereocenters. The van der Waals surface area contributed by atoms with Gasteiger partial charge in [-0.3, -0.25) is 9.79 Å². The van der Waals surface area contributed by atoms with Crippen LogP contribution in [0.25, 0.3) is 0 Å². The summed E-state index contributed by atoms with van der Waals surface area (Å²) in [5, 5.41) is 6.82. The number of carbonyl (C=O) groups is 1. The molecule has 2 rings (SSSR count). The van der Waals surface area contributed by atoms with Crippen molar-refractivity contribution >= 4 is 11.9 Å². The van der Waals surface area contributed by atoms with Crippen molar-refractivity contribution in [1.82, 2.24) is 15.5 Å². The third kappa shape index (κ3) is 4.69. The number of carbonyl (C=O) groups excluding carboxylic acids is 1. The smallest absolute Gasteiger partial charge is 0.222 e. The van der Waals surface area contributed by atoms with E-state index in [-0.39, 0.29) is 0 Å². The molecule has 2 aliphatic rings. The van der Waals surface area contributed by atoms with Crippen LogP contribution in [0.2, 0.25) is 0 Å². The second kappa shape index (κ2) is 8.12. The van der Waals surface area contributed by atoms with E-state index in [0.717, 1.165) is 51.4 Å². The Morgan fingerprint density at radius 3 is 2.80 bits per heavy atom. The predicted molar refractivity (Wildman–Crippen MR) is 81.8 cm³/mol. The summed E-state index contributed by atoms with van der Waals surface area (Å²) in [6.07, 6.45) is 7.87. The molecular weight excluding hydrogens is 252 g/mol. The zero-order chi connectivity index (χ0) is 14.2. The monoisotopic (exact) mass is 280 g/mol. The second-order valence-electron chi connectivity index (χ2n) is 5.72. The summed E-state index contributed by atoms with van der Waals surface area (Å²) < 4.78 is 0. The van der Waals surface area contributed by atoms with Crippen LogP contribution in [0.1, 0.15) is 51.9 Å². The maximum Gasteiger partial charge on any atom is 0.222 e. The molecule has 1 amide bonds. The molecule has 1 saturated carbocycles. The molecule has 2 fully saturated rings. The SMILES string of the molecule is CCNC(=NCCCN1CCCC1=O)NC1CCCC1. The van der Waals surface area contributed by atoms with Crippen molar-refractivity contribution in [2.45, 2.75) is 57.9 Å². The van der Waals surface area contributed by atoms with Crippen LogP contribution < -0.4 is 10.6 Å². The normalized spacial score (nSPS) is 20.8. The van der Waals surface area contributed by atoms with Gasteiger partial charge in [-0.05, 0) is 32.6 Å². The first-order valence-electron chi connectivity index (χ1n) is 8.12. The van der Waals surface area contributed by atoms with Crippen LogP contribution in [0.15, 0.2) is 4.99 Å². The molecule has 5 heteroatoms. The van der Waals surface area contributed by atoms with Crippen LogP contribution >= 0.6 is 0 Å². The van der Waals surface area contributed by atoms with E-state index in [0.29, 0.717) is 11.9 Å². The van der Waals surface area contributed by atoms with Gasteiger partial charge >= 0.3 is 0 Å². The minimum atomic E-state index is 0.310. The number of nitrogens with zero attached hydrogens (tertiary/aromatic N) is 2. The topological polar surface area (TPSA) is 56.7 Å². The minimum Gasteiger partial charge on any atom is -0.357 e. The lowest BCUT2D eigenvalue weighted by Crippen LogP contribution is -2.42. The van der Waals surface area contributed by atoms with E-state index in [9.17, 15) is 4.79 Å². The average Bonchev–Trinajstić information content (AvgIpc) is 3.07. The fourth-order valence-electron chi connectivity index (χ4n) is 2.98. The summed E-state index contributed by atoms with van der Waals surface area (Å²) in [6, 6.07) is 0.591. The number of guanidine groups is 1. The van der Waals surface area contributed by atoms with Gasteiger partial charge in [-0.2, -0.15) is 0 Å². The molecule has 20 heavy (non-hydrogen) atoms. The zero-order valence-electron chi connectivity index (χ0n) is 12.7. The van der Waals surface area contributed by atoms with Crippen LogP contribution in [-0.4, -0.2) is 49.0 Å². The van der Waals surface area contributed by atoms with Gasteiger partial charge in [0.15, 0.2) is 5.96 Å². The molecular formula is C15H28N4O. The van der Waals surface area contributed by atoms with Gasteiger partial charge < -0.3 is 15.5 Å². The van der Waals surface area contributed by atoms with Gasteiger partial charge in [-0.25, -0.2) is 0 Å². The van der Waals surface area contributed by atoms with E-state index in [1.54, 1.807) is 0 Å². The number of aliphatic imine (C=N–C) groups is 1. The van der Waals surface area contributed by atoms with Gasteiger partial charge in [0.05, 0.1) is 0 Å². The van der Waals surface area contributed by atoms with Gasteiger partial charge in [0, 0.05) is 38.6 Å². The van der Waals surface area contributed by atoms with Crippen molar-refractivity contribution in [2.75, 3.05) is 26.2 Å². The molecule has 0 radical (unpaired) electrons.